The largest absolute Gasteiger partial charge is 1.00 e. The van der Waals surface area contributed by atoms with Gasteiger partial charge < -0.3 is 12.8 Å². The van der Waals surface area contributed by atoms with Gasteiger partial charge in [-0.3, -0.25) is 11.8 Å². The summed E-state index contributed by atoms with van der Waals surface area (Å²) in [5, 5.41) is 17.3. The zero-order chi connectivity index (χ0) is 55.6. The van der Waals surface area contributed by atoms with Crippen molar-refractivity contribution in [3.63, 3.8) is 0 Å². The van der Waals surface area contributed by atoms with Crippen LogP contribution in [-0.2, 0) is 44.8 Å². The number of rotatable bonds is 11. The van der Waals surface area contributed by atoms with Gasteiger partial charge in [0.1, 0.15) is 12.3 Å². The monoisotopic (exact) mass is 1510 g/mol. The second kappa shape index (κ2) is 28.1. The van der Waals surface area contributed by atoms with E-state index >= 15 is 0 Å². The first-order valence-electron chi connectivity index (χ1n) is 28.4. The number of hydrogen-bond donors (Lipinski definition) is 0. The molecule has 6 heteroatoms. The van der Waals surface area contributed by atoms with E-state index in [1.165, 1.54) is 99.5 Å². The van der Waals surface area contributed by atoms with Gasteiger partial charge in [-0.2, -0.15) is 0 Å². The number of benzene rings is 11. The predicted molar refractivity (Wildman–Crippen MR) is 362 cm³/mol. The van der Waals surface area contributed by atoms with Crippen LogP contribution < -0.4 is 57.4 Å². The molecule has 0 radical (unpaired) electrons. The first-order chi connectivity index (χ1) is 40.6. The van der Waals surface area contributed by atoms with Gasteiger partial charge in [-0.05, 0) is 115 Å². The standard InChI is InChI=1S/C26H26P2.2C26H17Si.2Au/c1-5-13-23(14-6-1)27(24-15-7-2-8-16-24)21-22-28(25-17-9-3-10-18-25)26-19-11-4-12-20-26;2*1-2-20-17-18-24-23-15-9-10-16-25(23)27(26(24)19-20,21-11-5-3-6-12-21)22-13-7-4-8-14-22;;/h1-3,5-11,13-20H,4,12,21-22H2;2*3-19H;;/q;2*-1;2*+1/p+2. The van der Waals surface area contributed by atoms with Gasteiger partial charge in [0, 0.05) is 0 Å². The van der Waals surface area contributed by atoms with E-state index in [1.807, 2.05) is 12.1 Å². The maximum Gasteiger partial charge on any atom is 1.00 e. The zero-order valence-electron chi connectivity index (χ0n) is 46.5. The third-order valence-corrected chi connectivity index (χ3v) is 32.4. The van der Waals surface area contributed by atoms with Crippen molar-refractivity contribution in [1.29, 1.82) is 0 Å². The minimum atomic E-state index is -2.40. The zero-order valence-corrected chi connectivity index (χ0v) is 54.8. The molecule has 11 aromatic carbocycles. The Balaban J connectivity index is 0.000000139. The molecular weight excluding hydrogens is 1450 g/mol. The summed E-state index contributed by atoms with van der Waals surface area (Å²) >= 11 is 0. The molecule has 1 unspecified atom stereocenters. The van der Waals surface area contributed by atoms with Crippen molar-refractivity contribution in [2.24, 2.45) is 0 Å². The van der Waals surface area contributed by atoms with Crippen LogP contribution in [0.1, 0.15) is 24.0 Å². The summed E-state index contributed by atoms with van der Waals surface area (Å²) in [5.74, 6) is 5.19. The van der Waals surface area contributed by atoms with E-state index in [2.05, 4.69) is 315 Å². The Morgan fingerprint density at radius 1 is 0.321 bits per heavy atom. The summed E-state index contributed by atoms with van der Waals surface area (Å²) < 4.78 is 0. The average molecular weight is 1510 g/mol. The molecule has 1 aliphatic carbocycles. The van der Waals surface area contributed by atoms with Gasteiger partial charge in [0.2, 0.25) is 0 Å². The van der Waals surface area contributed by atoms with Gasteiger partial charge in [0.25, 0.3) is 0 Å². The predicted octanol–water partition coefficient (Wildman–Crippen LogP) is 11.6. The molecule has 2 aliphatic heterocycles. The molecule has 3 aliphatic rings. The molecule has 0 amide bonds. The van der Waals surface area contributed by atoms with Crippen molar-refractivity contribution in [3.05, 3.63) is 345 Å². The molecule has 412 valence electrons. The van der Waals surface area contributed by atoms with Gasteiger partial charge >= 0.3 is 44.8 Å². The minimum Gasteiger partial charge on any atom is -0.366 e. The smallest absolute Gasteiger partial charge is 0.366 e. The summed E-state index contributed by atoms with van der Waals surface area (Å²) in [6.45, 7) is 0. The first kappa shape index (κ1) is 59.9. The van der Waals surface area contributed by atoms with E-state index in [-0.39, 0.29) is 44.8 Å². The summed E-state index contributed by atoms with van der Waals surface area (Å²) in [6.07, 6.45) is 27.6. The van der Waals surface area contributed by atoms with E-state index in [9.17, 15) is 0 Å². The normalized spacial score (nSPS) is 13.5. The Morgan fingerprint density at radius 2 is 0.631 bits per heavy atom. The van der Waals surface area contributed by atoms with Crippen molar-refractivity contribution in [3.8, 4) is 34.1 Å². The van der Waals surface area contributed by atoms with Crippen LogP contribution in [-0.4, -0.2) is 28.5 Å². The van der Waals surface area contributed by atoms with Gasteiger partial charge in [-0.25, -0.2) is 0 Å². The van der Waals surface area contributed by atoms with Crippen LogP contribution in [0, 0.1) is 24.7 Å². The quantitative estimate of drug-likeness (QED) is 0.0524. The Kier molecular flexibility index (Phi) is 20.1. The number of fused-ring (bicyclic) bond motifs is 6. The summed E-state index contributed by atoms with van der Waals surface area (Å²) in [4.78, 5) is 0. The van der Waals surface area contributed by atoms with E-state index < -0.39 is 32.0 Å². The summed E-state index contributed by atoms with van der Waals surface area (Å²) in [6, 6.07) is 108. The minimum absolute atomic E-state index is 0. The Bertz CT molecular complexity index is 3810. The van der Waals surface area contributed by atoms with Crippen LogP contribution in [0.4, 0.5) is 0 Å². The van der Waals surface area contributed by atoms with E-state index in [0.29, 0.717) is 0 Å². The Labute approximate surface area is 533 Å². The van der Waals surface area contributed by atoms with Gasteiger partial charge in [0.05, 0.1) is 37.1 Å². The molecule has 84 heavy (non-hydrogen) atoms. The molecule has 14 rings (SSSR count). The summed E-state index contributed by atoms with van der Waals surface area (Å²) in [5.41, 5.74) is 6.91. The van der Waals surface area contributed by atoms with Crippen LogP contribution in [0.3, 0.4) is 0 Å². The molecule has 2 heterocycles. The van der Waals surface area contributed by atoms with E-state index in [1.54, 1.807) is 10.6 Å². The van der Waals surface area contributed by atoms with Crippen molar-refractivity contribution < 1.29 is 44.8 Å². The molecule has 0 fully saturated rings. The SMILES string of the molecule is C1=CC([PH+](CC[PH+](c2ccccc2)c2ccccc2)c2ccccc2)=CCC1.[Au+].[Au+].[C-]#Cc1ccc2c(c1)[Si](c1ccccc1)(c1ccccc1)c1ccccc1-2.[C-]#Cc1ccc2c(c1)[Si](c1ccccc1)(c1ccccc1)c1ccccc1-2. The van der Waals surface area contributed by atoms with Crippen molar-refractivity contribution >= 4 is 89.4 Å². The summed E-state index contributed by atoms with van der Waals surface area (Å²) in [7, 11) is -6.29. The third kappa shape index (κ3) is 11.8. The molecule has 0 nitrogen and oxygen atoms in total. The maximum atomic E-state index is 7.67. The van der Waals surface area contributed by atoms with E-state index in [4.69, 9.17) is 12.8 Å². The van der Waals surface area contributed by atoms with Crippen LogP contribution in [0.25, 0.3) is 22.3 Å². The molecule has 0 bridgehead atoms. The van der Waals surface area contributed by atoms with Gasteiger partial charge in [-0.1, -0.05) is 253 Å². The van der Waals surface area contributed by atoms with Crippen molar-refractivity contribution in [2.45, 2.75) is 12.8 Å². The van der Waals surface area contributed by atoms with E-state index in [0.717, 1.165) is 11.1 Å². The fraction of sp³-hybridized carbons (Fsp3) is 0.0513. The molecule has 0 saturated carbocycles. The second-order valence-electron chi connectivity index (χ2n) is 21.0. The number of hydrogen-bond acceptors (Lipinski definition) is 0. The van der Waals surface area contributed by atoms with Crippen LogP contribution in [0.2, 0.25) is 0 Å². The fourth-order valence-corrected chi connectivity index (χ4v) is 29.7. The Morgan fingerprint density at radius 3 is 0.976 bits per heavy atom. The molecule has 0 aromatic heterocycles. The van der Waals surface area contributed by atoms with Gasteiger partial charge in [-0.15, -0.1) is 35.4 Å². The van der Waals surface area contributed by atoms with Crippen LogP contribution in [0.5, 0.6) is 0 Å². The number of allylic oxidation sites excluding steroid dienone is 4. The van der Waals surface area contributed by atoms with Crippen LogP contribution in [0.15, 0.2) is 321 Å². The molecule has 1 atom stereocenters. The second-order valence-corrected chi connectivity index (χ2v) is 33.7. The Hall–Kier alpha value is -7.21. The molecule has 0 spiro atoms. The van der Waals surface area contributed by atoms with Crippen molar-refractivity contribution in [1.82, 2.24) is 0 Å². The molecule has 0 saturated heterocycles. The maximum absolute atomic E-state index is 7.67. The average Bonchev–Trinajstić information content (AvgIpc) is 2.23. The molecule has 0 N–H and O–H groups in total. The fourth-order valence-electron chi connectivity index (χ4n) is 13.0. The first-order valence-corrected chi connectivity index (χ1v) is 35.9. The molecule has 11 aromatic rings. The van der Waals surface area contributed by atoms with Crippen molar-refractivity contribution in [2.75, 3.05) is 12.3 Å². The van der Waals surface area contributed by atoms with Gasteiger partial charge in [0.15, 0.2) is 16.1 Å². The molecular formula is C78H62Au2P2Si2+2. The van der Waals surface area contributed by atoms with Crippen LogP contribution >= 0.6 is 15.8 Å². The third-order valence-electron chi connectivity index (χ3n) is 16.5. The topological polar surface area (TPSA) is 0 Å².